The lowest BCUT2D eigenvalue weighted by Gasteiger charge is -2.27. The Bertz CT molecular complexity index is 370. The van der Waals surface area contributed by atoms with Crippen LogP contribution in [0.25, 0.3) is 0 Å². The van der Waals surface area contributed by atoms with E-state index >= 15 is 0 Å². The molecule has 5 heteroatoms. The van der Waals surface area contributed by atoms with Crippen LogP contribution < -0.4 is 10.5 Å². The summed E-state index contributed by atoms with van der Waals surface area (Å²) >= 11 is 0. The first kappa shape index (κ1) is 15.7. The van der Waals surface area contributed by atoms with E-state index in [-0.39, 0.29) is 12.4 Å². The van der Waals surface area contributed by atoms with Crippen molar-refractivity contribution in [2.24, 2.45) is 5.73 Å². The highest BCUT2D eigenvalue weighted by Gasteiger charge is 2.33. The van der Waals surface area contributed by atoms with Crippen molar-refractivity contribution in [2.45, 2.75) is 25.3 Å². The number of hydrogen-bond donors (Lipinski definition) is 2. The van der Waals surface area contributed by atoms with Crippen molar-refractivity contribution in [3.8, 4) is 5.75 Å². The Morgan fingerprint density at radius 2 is 1.82 bits per heavy atom. The fourth-order valence-electron chi connectivity index (χ4n) is 1.69. The fraction of sp³-hybridized carbons (Fsp3) is 0.417. The molecule has 0 spiro atoms. The second-order valence-corrected chi connectivity index (χ2v) is 4.37. The number of benzene rings is 1. The number of hydrogen-bond acceptors (Lipinski definition) is 3. The van der Waals surface area contributed by atoms with Gasteiger partial charge in [-0.15, -0.1) is 12.4 Å². The molecule has 96 valence electrons. The van der Waals surface area contributed by atoms with E-state index in [0.717, 1.165) is 0 Å². The van der Waals surface area contributed by atoms with E-state index in [1.807, 2.05) is 0 Å². The Hall–Kier alpha value is -1.26. The van der Waals surface area contributed by atoms with Gasteiger partial charge in [0.2, 0.25) is 0 Å². The predicted molar refractivity (Wildman–Crippen MR) is 68.9 cm³/mol. The van der Waals surface area contributed by atoms with Crippen LogP contribution in [-0.4, -0.2) is 23.7 Å². The molecule has 0 amide bonds. The number of carboxylic acids is 1. The van der Waals surface area contributed by atoms with Crippen molar-refractivity contribution in [2.75, 3.05) is 7.11 Å². The molecule has 0 aliphatic carbocycles. The van der Waals surface area contributed by atoms with Crippen LogP contribution in [0.5, 0.6) is 5.75 Å². The number of rotatable bonds is 4. The quantitative estimate of drug-likeness (QED) is 0.868. The van der Waals surface area contributed by atoms with Crippen molar-refractivity contribution in [1.82, 2.24) is 0 Å². The van der Waals surface area contributed by atoms with E-state index in [4.69, 9.17) is 10.5 Å². The zero-order valence-corrected chi connectivity index (χ0v) is 11.0. The van der Waals surface area contributed by atoms with Gasteiger partial charge >= 0.3 is 5.97 Å². The van der Waals surface area contributed by atoms with Crippen LogP contribution in [0.4, 0.5) is 0 Å². The summed E-state index contributed by atoms with van der Waals surface area (Å²) in [7, 11) is 1.57. The van der Waals surface area contributed by atoms with Gasteiger partial charge in [-0.25, -0.2) is 0 Å². The number of methoxy groups -OCH3 is 1. The molecule has 17 heavy (non-hydrogen) atoms. The molecule has 0 fully saturated rings. The predicted octanol–water partition coefficient (Wildman–Crippen LogP) is 2.02. The zero-order chi connectivity index (χ0) is 12.3. The highest BCUT2D eigenvalue weighted by atomic mass is 35.5. The van der Waals surface area contributed by atoms with E-state index in [0.29, 0.717) is 11.3 Å². The van der Waals surface area contributed by atoms with Gasteiger partial charge < -0.3 is 15.6 Å². The number of aliphatic carboxylic acids is 1. The molecule has 1 aromatic rings. The largest absolute Gasteiger partial charge is 0.497 e. The van der Waals surface area contributed by atoms with Gasteiger partial charge in [0.1, 0.15) is 5.75 Å². The summed E-state index contributed by atoms with van der Waals surface area (Å²) in [6.07, 6.45) is 0. The molecule has 1 rings (SSSR count). The third kappa shape index (κ3) is 3.91. The van der Waals surface area contributed by atoms with Crippen LogP contribution in [-0.2, 0) is 4.79 Å². The van der Waals surface area contributed by atoms with E-state index in [1.54, 1.807) is 45.2 Å². The molecule has 4 nitrogen and oxygen atoms in total. The van der Waals surface area contributed by atoms with Crippen LogP contribution >= 0.6 is 12.4 Å². The second-order valence-electron chi connectivity index (χ2n) is 4.37. The molecule has 0 aromatic heterocycles. The van der Waals surface area contributed by atoms with Crippen molar-refractivity contribution in [3.05, 3.63) is 29.8 Å². The van der Waals surface area contributed by atoms with Gasteiger partial charge in [0.05, 0.1) is 13.0 Å². The van der Waals surface area contributed by atoms with Gasteiger partial charge in [-0.2, -0.15) is 0 Å². The van der Waals surface area contributed by atoms with Crippen LogP contribution in [0.2, 0.25) is 0 Å². The molecule has 0 radical (unpaired) electrons. The number of carboxylic acid groups (broad SMARTS) is 1. The van der Waals surface area contributed by atoms with Gasteiger partial charge in [0, 0.05) is 5.54 Å². The number of halogens is 1. The molecular formula is C12H18ClNO3. The first-order valence-electron chi connectivity index (χ1n) is 5.02. The number of ether oxygens (including phenoxy) is 1. The minimum Gasteiger partial charge on any atom is -0.497 e. The monoisotopic (exact) mass is 259 g/mol. The third-order valence-corrected chi connectivity index (χ3v) is 2.44. The van der Waals surface area contributed by atoms with E-state index in [2.05, 4.69) is 0 Å². The molecule has 3 N–H and O–H groups in total. The molecule has 0 aliphatic rings. The molecule has 0 aliphatic heterocycles. The van der Waals surface area contributed by atoms with Gasteiger partial charge in [-0.05, 0) is 31.5 Å². The van der Waals surface area contributed by atoms with E-state index in [1.165, 1.54) is 0 Å². The Labute approximate surface area is 107 Å². The third-order valence-electron chi connectivity index (χ3n) is 2.44. The van der Waals surface area contributed by atoms with Gasteiger partial charge in [-0.1, -0.05) is 12.1 Å². The van der Waals surface area contributed by atoms with Gasteiger partial charge in [-0.3, -0.25) is 4.79 Å². The normalized spacial score (nSPS) is 12.5. The Balaban J connectivity index is 0.00000256. The summed E-state index contributed by atoms with van der Waals surface area (Å²) in [5.74, 6) is -0.946. The molecule has 0 heterocycles. The molecule has 1 aromatic carbocycles. The Morgan fingerprint density at radius 1 is 1.35 bits per heavy atom. The summed E-state index contributed by atoms with van der Waals surface area (Å²) in [6.45, 7) is 3.41. The lowest BCUT2D eigenvalue weighted by atomic mass is 9.83. The zero-order valence-electron chi connectivity index (χ0n) is 10.1. The maximum Gasteiger partial charge on any atom is 0.312 e. The SMILES string of the molecule is COc1ccc(C(C(=O)O)C(C)(C)N)cc1.Cl. The first-order chi connectivity index (χ1) is 7.36. The standard InChI is InChI=1S/C12H17NO3.ClH/c1-12(2,13)10(11(14)15)8-4-6-9(16-3)7-5-8;/h4-7,10H,13H2,1-3H3,(H,14,15);1H. The minimum atomic E-state index is -0.919. The number of nitrogens with two attached hydrogens (primary N) is 1. The van der Waals surface area contributed by atoms with Crippen LogP contribution in [0.1, 0.15) is 25.3 Å². The topological polar surface area (TPSA) is 72.5 Å². The van der Waals surface area contributed by atoms with Crippen LogP contribution in [0.3, 0.4) is 0 Å². The molecule has 0 saturated heterocycles. The summed E-state index contributed by atoms with van der Waals surface area (Å²) in [6, 6.07) is 6.92. The van der Waals surface area contributed by atoms with Crippen molar-refractivity contribution in [3.63, 3.8) is 0 Å². The van der Waals surface area contributed by atoms with E-state index < -0.39 is 17.4 Å². The van der Waals surface area contributed by atoms with Crippen LogP contribution in [0, 0.1) is 0 Å². The lowest BCUT2D eigenvalue weighted by molar-refractivity contribution is -0.140. The van der Waals surface area contributed by atoms with Gasteiger partial charge in [0.15, 0.2) is 0 Å². The lowest BCUT2D eigenvalue weighted by Crippen LogP contribution is -2.43. The van der Waals surface area contributed by atoms with Crippen molar-refractivity contribution in [1.29, 1.82) is 0 Å². The molecular weight excluding hydrogens is 242 g/mol. The maximum atomic E-state index is 11.2. The Morgan fingerprint density at radius 3 is 2.12 bits per heavy atom. The average molecular weight is 260 g/mol. The first-order valence-corrected chi connectivity index (χ1v) is 5.02. The minimum absolute atomic E-state index is 0. The van der Waals surface area contributed by atoms with Crippen LogP contribution in [0.15, 0.2) is 24.3 Å². The molecule has 1 unspecified atom stereocenters. The fourth-order valence-corrected chi connectivity index (χ4v) is 1.69. The molecule has 1 atom stereocenters. The smallest absolute Gasteiger partial charge is 0.312 e. The van der Waals surface area contributed by atoms with Gasteiger partial charge in [0.25, 0.3) is 0 Å². The summed E-state index contributed by atoms with van der Waals surface area (Å²) in [5, 5.41) is 9.18. The van der Waals surface area contributed by atoms with E-state index in [9.17, 15) is 9.90 Å². The summed E-state index contributed by atoms with van der Waals surface area (Å²) < 4.78 is 5.02. The second kappa shape index (κ2) is 5.89. The molecule has 0 bridgehead atoms. The summed E-state index contributed by atoms with van der Waals surface area (Å²) in [5.41, 5.74) is 5.75. The highest BCUT2D eigenvalue weighted by molar-refractivity contribution is 5.85. The molecule has 0 saturated carbocycles. The maximum absolute atomic E-state index is 11.2. The summed E-state index contributed by atoms with van der Waals surface area (Å²) in [4.78, 5) is 11.2. The Kier molecular flexibility index (Phi) is 5.45. The van der Waals surface area contributed by atoms with Crippen molar-refractivity contribution < 1.29 is 14.6 Å². The van der Waals surface area contributed by atoms with Crippen molar-refractivity contribution >= 4 is 18.4 Å². The highest BCUT2D eigenvalue weighted by Crippen LogP contribution is 2.27. The number of carbonyl (C=O) groups is 1. The average Bonchev–Trinajstić information content (AvgIpc) is 2.16.